The Labute approximate surface area is 170 Å². The topological polar surface area (TPSA) is 18.5 Å². The van der Waals surface area contributed by atoms with Gasteiger partial charge in [-0.3, -0.25) is 0 Å². The first-order valence-electron chi connectivity index (χ1n) is 11.8. The number of rotatable bonds is 8. The van der Waals surface area contributed by atoms with Crippen LogP contribution in [0.4, 0.5) is 8.78 Å². The van der Waals surface area contributed by atoms with Crippen LogP contribution in [0.15, 0.2) is 11.9 Å². The van der Waals surface area contributed by atoms with Crippen LogP contribution < -0.4 is 0 Å². The molecule has 1 saturated heterocycles. The van der Waals surface area contributed by atoms with Crippen LogP contribution in [0.5, 0.6) is 0 Å². The zero-order valence-electron chi connectivity index (χ0n) is 17.7. The van der Waals surface area contributed by atoms with E-state index >= 15 is 0 Å². The van der Waals surface area contributed by atoms with Gasteiger partial charge >= 0.3 is 0 Å². The highest BCUT2D eigenvalue weighted by atomic mass is 19.1. The van der Waals surface area contributed by atoms with E-state index < -0.39 is 18.8 Å². The average molecular weight is 399 g/mol. The Kier molecular flexibility index (Phi) is 9.23. The normalized spacial score (nSPS) is 37.8. The Hall–Kier alpha value is -0.480. The molecule has 0 spiro atoms. The van der Waals surface area contributed by atoms with E-state index in [1.54, 1.807) is 0 Å². The molecular weight excluding hydrogens is 358 g/mol. The molecule has 2 saturated carbocycles. The van der Waals surface area contributed by atoms with E-state index in [0.717, 1.165) is 23.8 Å². The lowest BCUT2D eigenvalue weighted by Crippen LogP contribution is -2.37. The SMILES string of the molecule is CCCC1CCC(CCC2CCC(C3COC(/C(F)=C/CF)OC3)CC2)CC1. The number of halogens is 2. The molecule has 0 aromatic carbocycles. The predicted molar refractivity (Wildman–Crippen MR) is 109 cm³/mol. The molecule has 1 heterocycles. The predicted octanol–water partition coefficient (Wildman–Crippen LogP) is 6.99. The van der Waals surface area contributed by atoms with Crippen molar-refractivity contribution in [2.24, 2.45) is 29.6 Å². The molecule has 0 N–H and O–H groups in total. The molecule has 0 bridgehead atoms. The van der Waals surface area contributed by atoms with Crippen LogP contribution in [0.3, 0.4) is 0 Å². The van der Waals surface area contributed by atoms with Crippen molar-refractivity contribution in [3.8, 4) is 0 Å². The van der Waals surface area contributed by atoms with E-state index in [4.69, 9.17) is 9.47 Å². The molecule has 0 atom stereocenters. The van der Waals surface area contributed by atoms with Gasteiger partial charge in [-0.2, -0.15) is 0 Å². The average Bonchev–Trinajstić information content (AvgIpc) is 2.74. The van der Waals surface area contributed by atoms with Crippen molar-refractivity contribution in [3.05, 3.63) is 11.9 Å². The number of hydrogen-bond donors (Lipinski definition) is 0. The maximum atomic E-state index is 13.6. The van der Waals surface area contributed by atoms with Crippen molar-refractivity contribution in [1.82, 2.24) is 0 Å². The van der Waals surface area contributed by atoms with Gasteiger partial charge in [-0.25, -0.2) is 8.78 Å². The van der Waals surface area contributed by atoms with Gasteiger partial charge in [0.1, 0.15) is 6.67 Å². The van der Waals surface area contributed by atoms with Gasteiger partial charge in [-0.05, 0) is 42.6 Å². The third-order valence-corrected chi connectivity index (χ3v) is 7.63. The summed E-state index contributed by atoms with van der Waals surface area (Å²) in [5.74, 6) is 3.26. The molecule has 0 radical (unpaired) electrons. The zero-order valence-corrected chi connectivity index (χ0v) is 17.7. The van der Waals surface area contributed by atoms with Gasteiger partial charge < -0.3 is 9.47 Å². The van der Waals surface area contributed by atoms with Gasteiger partial charge in [0.15, 0.2) is 5.83 Å². The molecule has 0 unspecified atom stereocenters. The highest BCUT2D eigenvalue weighted by Crippen LogP contribution is 2.40. The van der Waals surface area contributed by atoms with Crippen molar-refractivity contribution in [1.29, 1.82) is 0 Å². The number of alkyl halides is 1. The van der Waals surface area contributed by atoms with Gasteiger partial charge in [0.05, 0.1) is 13.2 Å². The smallest absolute Gasteiger partial charge is 0.210 e. The highest BCUT2D eigenvalue weighted by molar-refractivity contribution is 4.96. The molecule has 3 rings (SSSR count). The van der Waals surface area contributed by atoms with E-state index in [2.05, 4.69) is 6.92 Å². The Morgan fingerprint density at radius 2 is 1.29 bits per heavy atom. The van der Waals surface area contributed by atoms with Crippen LogP contribution >= 0.6 is 0 Å². The largest absolute Gasteiger partial charge is 0.346 e. The molecule has 3 aliphatic rings. The maximum absolute atomic E-state index is 13.6. The molecule has 0 aromatic heterocycles. The monoisotopic (exact) mass is 398 g/mol. The summed E-state index contributed by atoms with van der Waals surface area (Å²) < 4.78 is 36.8. The van der Waals surface area contributed by atoms with Gasteiger partial charge in [-0.15, -0.1) is 0 Å². The minimum atomic E-state index is -0.990. The molecule has 3 fully saturated rings. The molecule has 0 aromatic rings. The second-order valence-corrected chi connectivity index (χ2v) is 9.54. The van der Waals surface area contributed by atoms with E-state index in [1.807, 2.05) is 0 Å². The van der Waals surface area contributed by atoms with Crippen molar-refractivity contribution < 1.29 is 18.3 Å². The Bertz CT molecular complexity index is 457. The van der Waals surface area contributed by atoms with Crippen LogP contribution in [0.1, 0.15) is 84.0 Å². The van der Waals surface area contributed by atoms with Crippen molar-refractivity contribution >= 4 is 0 Å². The first kappa shape index (κ1) is 22.2. The van der Waals surface area contributed by atoms with E-state index in [9.17, 15) is 8.78 Å². The lowest BCUT2D eigenvalue weighted by atomic mass is 9.72. The zero-order chi connectivity index (χ0) is 19.8. The highest BCUT2D eigenvalue weighted by Gasteiger charge is 2.33. The fourth-order valence-electron chi connectivity index (χ4n) is 5.76. The molecule has 4 heteroatoms. The summed E-state index contributed by atoms with van der Waals surface area (Å²) in [6, 6.07) is 0. The quantitative estimate of drug-likeness (QED) is 0.438. The maximum Gasteiger partial charge on any atom is 0.210 e. The minimum absolute atomic E-state index is 0.365. The van der Waals surface area contributed by atoms with E-state index in [0.29, 0.717) is 25.0 Å². The lowest BCUT2D eigenvalue weighted by molar-refractivity contribution is -0.198. The molecule has 2 aliphatic carbocycles. The Morgan fingerprint density at radius 3 is 1.79 bits per heavy atom. The number of hydrogen-bond acceptors (Lipinski definition) is 2. The van der Waals surface area contributed by atoms with Crippen LogP contribution in [0.2, 0.25) is 0 Å². The first-order valence-corrected chi connectivity index (χ1v) is 11.8. The molecule has 2 nitrogen and oxygen atoms in total. The summed E-state index contributed by atoms with van der Waals surface area (Å²) in [5, 5.41) is 0. The summed E-state index contributed by atoms with van der Waals surface area (Å²) in [7, 11) is 0. The second-order valence-electron chi connectivity index (χ2n) is 9.54. The van der Waals surface area contributed by atoms with Crippen molar-refractivity contribution in [2.45, 2.75) is 90.3 Å². The van der Waals surface area contributed by atoms with Gasteiger partial charge in [0.25, 0.3) is 0 Å². The second kappa shape index (κ2) is 11.6. The van der Waals surface area contributed by atoms with Crippen molar-refractivity contribution in [3.63, 3.8) is 0 Å². The number of ether oxygens (including phenoxy) is 2. The van der Waals surface area contributed by atoms with Gasteiger partial charge in [0, 0.05) is 5.92 Å². The van der Waals surface area contributed by atoms with Crippen LogP contribution in [0.25, 0.3) is 0 Å². The third-order valence-electron chi connectivity index (χ3n) is 7.63. The Balaban J connectivity index is 1.30. The molecular formula is C24H40F2O2. The summed E-state index contributed by atoms with van der Waals surface area (Å²) >= 11 is 0. The summed E-state index contributed by atoms with van der Waals surface area (Å²) in [5.41, 5.74) is 0. The standard InChI is InChI=1S/C24H40F2O2/c1-2-3-18-4-6-19(7-5-18)8-9-20-10-12-21(13-11-20)22-16-27-24(28-17-22)23(26)14-15-25/h14,18-22,24H,2-13,15-17H2,1H3/b23-14-. The minimum Gasteiger partial charge on any atom is -0.346 e. The van der Waals surface area contributed by atoms with E-state index in [-0.39, 0.29) is 0 Å². The van der Waals surface area contributed by atoms with Crippen molar-refractivity contribution in [2.75, 3.05) is 19.9 Å². The fraction of sp³-hybridized carbons (Fsp3) is 0.917. The Morgan fingerprint density at radius 1 is 0.786 bits per heavy atom. The summed E-state index contributed by atoms with van der Waals surface area (Å²) in [6.07, 6.45) is 16.5. The fourth-order valence-corrected chi connectivity index (χ4v) is 5.76. The van der Waals surface area contributed by atoms with Gasteiger partial charge in [-0.1, -0.05) is 71.1 Å². The molecule has 28 heavy (non-hydrogen) atoms. The van der Waals surface area contributed by atoms with Gasteiger partial charge in [0.2, 0.25) is 6.29 Å². The third kappa shape index (κ3) is 6.52. The van der Waals surface area contributed by atoms with Crippen LogP contribution in [-0.4, -0.2) is 26.2 Å². The summed E-state index contributed by atoms with van der Waals surface area (Å²) in [4.78, 5) is 0. The van der Waals surface area contributed by atoms with E-state index in [1.165, 1.54) is 77.0 Å². The molecule has 0 amide bonds. The number of allylic oxidation sites excluding steroid dienone is 1. The lowest BCUT2D eigenvalue weighted by Gasteiger charge is -2.38. The van der Waals surface area contributed by atoms with Crippen LogP contribution in [0, 0.1) is 29.6 Å². The van der Waals surface area contributed by atoms with Crippen LogP contribution in [-0.2, 0) is 9.47 Å². The molecule has 162 valence electrons. The molecule has 1 aliphatic heterocycles. The first-order chi connectivity index (χ1) is 13.7. The summed E-state index contributed by atoms with van der Waals surface area (Å²) in [6.45, 7) is 2.57.